The monoisotopic (exact) mass is 368 g/mol. The van der Waals surface area contributed by atoms with Gasteiger partial charge in [0.1, 0.15) is 5.75 Å². The smallest absolute Gasteiger partial charge is 0.422 e. The van der Waals surface area contributed by atoms with Crippen LogP contribution < -0.4 is 14.8 Å². The molecule has 0 spiro atoms. The molecule has 2 aromatic rings. The van der Waals surface area contributed by atoms with E-state index >= 15 is 0 Å². The van der Waals surface area contributed by atoms with Gasteiger partial charge in [-0.3, -0.25) is 4.79 Å². The fourth-order valence-corrected chi connectivity index (χ4v) is 2.05. The second-order valence-electron chi connectivity index (χ2n) is 5.43. The van der Waals surface area contributed by atoms with E-state index < -0.39 is 18.7 Å². The summed E-state index contributed by atoms with van der Waals surface area (Å²) in [7, 11) is 0. The number of carbonyl (C=O) groups is 1. The van der Waals surface area contributed by atoms with Crippen molar-refractivity contribution in [3.05, 3.63) is 53.7 Å². The number of amides is 1. The Morgan fingerprint density at radius 2 is 1.88 bits per heavy atom. The first-order valence-electron chi connectivity index (χ1n) is 7.99. The van der Waals surface area contributed by atoms with Gasteiger partial charge >= 0.3 is 6.18 Å². The second-order valence-corrected chi connectivity index (χ2v) is 5.43. The molecule has 0 saturated carbocycles. The van der Waals surface area contributed by atoms with E-state index in [0.29, 0.717) is 11.3 Å². The summed E-state index contributed by atoms with van der Waals surface area (Å²) in [6.45, 7) is 0.374. The minimum atomic E-state index is -4.46. The van der Waals surface area contributed by atoms with Crippen LogP contribution in [0, 0.1) is 0 Å². The Balaban J connectivity index is 1.83. The van der Waals surface area contributed by atoms with Crippen LogP contribution in [0.3, 0.4) is 0 Å². The van der Waals surface area contributed by atoms with Gasteiger partial charge in [0.2, 0.25) is 5.88 Å². The maximum Gasteiger partial charge on any atom is 0.422 e. The SMILES string of the molecule is CCc1ccc(OCC(=O)NCc2cccnc2OCC(F)(F)F)cc1. The molecule has 0 bridgehead atoms. The van der Waals surface area contributed by atoms with E-state index in [4.69, 9.17) is 4.74 Å². The highest BCUT2D eigenvalue weighted by Crippen LogP contribution is 2.19. The molecular weight excluding hydrogens is 349 g/mol. The van der Waals surface area contributed by atoms with Gasteiger partial charge in [-0.15, -0.1) is 0 Å². The minimum absolute atomic E-state index is 0.0159. The van der Waals surface area contributed by atoms with E-state index in [2.05, 4.69) is 15.0 Å². The number of carbonyl (C=O) groups excluding carboxylic acids is 1. The van der Waals surface area contributed by atoms with Gasteiger partial charge in [0.25, 0.3) is 5.91 Å². The number of halogens is 3. The zero-order valence-electron chi connectivity index (χ0n) is 14.2. The maximum atomic E-state index is 12.3. The van der Waals surface area contributed by atoms with Crippen molar-refractivity contribution in [3.8, 4) is 11.6 Å². The summed E-state index contributed by atoms with van der Waals surface area (Å²) in [5.74, 6) is -0.00989. The molecule has 0 unspecified atom stereocenters. The van der Waals surface area contributed by atoms with Crippen molar-refractivity contribution >= 4 is 5.91 Å². The topological polar surface area (TPSA) is 60.5 Å². The van der Waals surface area contributed by atoms with Crippen molar-refractivity contribution in [1.82, 2.24) is 10.3 Å². The number of aryl methyl sites for hydroxylation is 1. The lowest BCUT2D eigenvalue weighted by molar-refractivity contribution is -0.154. The fraction of sp³-hybridized carbons (Fsp3) is 0.333. The summed E-state index contributed by atoms with van der Waals surface area (Å²) < 4.78 is 46.8. The summed E-state index contributed by atoms with van der Waals surface area (Å²) in [5, 5.41) is 2.56. The number of nitrogens with zero attached hydrogens (tertiary/aromatic N) is 1. The van der Waals surface area contributed by atoms with E-state index in [0.717, 1.165) is 12.0 Å². The van der Waals surface area contributed by atoms with E-state index in [-0.39, 0.29) is 19.0 Å². The lowest BCUT2D eigenvalue weighted by Crippen LogP contribution is -2.29. The largest absolute Gasteiger partial charge is 0.484 e. The Hall–Kier alpha value is -2.77. The van der Waals surface area contributed by atoms with E-state index in [1.165, 1.54) is 12.3 Å². The van der Waals surface area contributed by atoms with Crippen molar-refractivity contribution in [2.24, 2.45) is 0 Å². The summed E-state index contributed by atoms with van der Waals surface area (Å²) in [4.78, 5) is 15.6. The first kappa shape index (κ1) is 19.6. The number of aromatic nitrogens is 1. The van der Waals surface area contributed by atoms with Gasteiger partial charge in [0, 0.05) is 18.3 Å². The van der Waals surface area contributed by atoms with Crippen LogP contribution in [0.4, 0.5) is 13.2 Å². The molecule has 1 aromatic heterocycles. The Kier molecular flexibility index (Phi) is 6.82. The predicted octanol–water partition coefficient (Wildman–Crippen LogP) is 3.28. The van der Waals surface area contributed by atoms with Crippen LogP contribution in [0.15, 0.2) is 42.6 Å². The Bertz CT molecular complexity index is 718. The lowest BCUT2D eigenvalue weighted by Gasteiger charge is -2.12. The van der Waals surface area contributed by atoms with Crippen LogP contribution in [0.5, 0.6) is 11.6 Å². The summed E-state index contributed by atoms with van der Waals surface area (Å²) in [6.07, 6.45) is -2.23. The van der Waals surface area contributed by atoms with Crippen molar-refractivity contribution in [1.29, 1.82) is 0 Å². The molecule has 0 atom stereocenters. The van der Waals surface area contributed by atoms with Crippen LogP contribution in [0.1, 0.15) is 18.1 Å². The molecule has 1 N–H and O–H groups in total. The first-order valence-corrected chi connectivity index (χ1v) is 7.99. The summed E-state index contributed by atoms with van der Waals surface area (Å²) >= 11 is 0. The van der Waals surface area contributed by atoms with Crippen LogP contribution in [0.25, 0.3) is 0 Å². The summed E-state index contributed by atoms with van der Waals surface area (Å²) in [6, 6.07) is 10.4. The molecule has 0 saturated heterocycles. The molecule has 0 aliphatic rings. The molecule has 26 heavy (non-hydrogen) atoms. The van der Waals surface area contributed by atoms with Gasteiger partial charge in [0.05, 0.1) is 0 Å². The third-order valence-corrected chi connectivity index (χ3v) is 3.40. The lowest BCUT2D eigenvalue weighted by atomic mass is 10.2. The van der Waals surface area contributed by atoms with E-state index in [1.807, 2.05) is 19.1 Å². The average Bonchev–Trinajstić information content (AvgIpc) is 2.63. The van der Waals surface area contributed by atoms with Crippen molar-refractivity contribution in [3.63, 3.8) is 0 Å². The van der Waals surface area contributed by atoms with Crippen LogP contribution in [0.2, 0.25) is 0 Å². The van der Waals surface area contributed by atoms with E-state index in [9.17, 15) is 18.0 Å². The molecule has 0 fully saturated rings. The van der Waals surface area contributed by atoms with Gasteiger partial charge in [-0.05, 0) is 30.2 Å². The summed E-state index contributed by atoms with van der Waals surface area (Å²) in [5.41, 5.74) is 1.50. The minimum Gasteiger partial charge on any atom is -0.484 e. The van der Waals surface area contributed by atoms with E-state index in [1.54, 1.807) is 18.2 Å². The molecule has 1 aromatic carbocycles. The zero-order valence-corrected chi connectivity index (χ0v) is 14.2. The van der Waals surface area contributed by atoms with Gasteiger partial charge in [0.15, 0.2) is 13.2 Å². The number of rotatable bonds is 8. The van der Waals surface area contributed by atoms with Crippen molar-refractivity contribution in [2.75, 3.05) is 13.2 Å². The average molecular weight is 368 g/mol. The quantitative estimate of drug-likeness (QED) is 0.777. The molecule has 0 aliphatic heterocycles. The number of hydrogen-bond donors (Lipinski definition) is 1. The molecule has 8 heteroatoms. The number of ether oxygens (including phenoxy) is 2. The molecule has 1 heterocycles. The number of pyridine rings is 1. The van der Waals surface area contributed by atoms with Gasteiger partial charge in [-0.25, -0.2) is 4.98 Å². The standard InChI is InChI=1S/C18H19F3N2O3/c1-2-13-5-7-15(8-6-13)25-11-16(24)23-10-14-4-3-9-22-17(14)26-12-18(19,20)21/h3-9H,2,10-12H2,1H3,(H,23,24). The second kappa shape index (κ2) is 9.07. The zero-order chi connectivity index (χ0) is 19.0. The molecule has 140 valence electrons. The van der Waals surface area contributed by atoms with Crippen LogP contribution in [-0.2, 0) is 17.8 Å². The highest BCUT2D eigenvalue weighted by Gasteiger charge is 2.29. The molecule has 5 nitrogen and oxygen atoms in total. The number of hydrogen-bond acceptors (Lipinski definition) is 4. The first-order chi connectivity index (χ1) is 12.4. The highest BCUT2D eigenvalue weighted by atomic mass is 19.4. The maximum absolute atomic E-state index is 12.3. The number of alkyl halides is 3. The third kappa shape index (κ3) is 6.62. The third-order valence-electron chi connectivity index (χ3n) is 3.40. The van der Waals surface area contributed by atoms with Gasteiger partial charge in [-0.1, -0.05) is 25.1 Å². The molecular formula is C18H19F3N2O3. The van der Waals surface area contributed by atoms with Gasteiger partial charge < -0.3 is 14.8 Å². The normalized spacial score (nSPS) is 11.1. The molecule has 2 rings (SSSR count). The molecule has 0 radical (unpaired) electrons. The van der Waals surface area contributed by atoms with Gasteiger partial charge in [-0.2, -0.15) is 13.2 Å². The molecule has 0 aliphatic carbocycles. The number of nitrogens with one attached hydrogen (secondary N) is 1. The van der Waals surface area contributed by atoms with Crippen LogP contribution >= 0.6 is 0 Å². The van der Waals surface area contributed by atoms with Crippen LogP contribution in [-0.4, -0.2) is 30.3 Å². The Morgan fingerprint density at radius 3 is 2.54 bits per heavy atom. The molecule has 1 amide bonds. The Morgan fingerprint density at radius 1 is 1.15 bits per heavy atom. The van der Waals surface area contributed by atoms with Crippen molar-refractivity contribution < 1.29 is 27.4 Å². The number of benzene rings is 1. The Labute approximate surface area is 149 Å². The highest BCUT2D eigenvalue weighted by molar-refractivity contribution is 5.77. The predicted molar refractivity (Wildman–Crippen MR) is 88.9 cm³/mol. The fourth-order valence-electron chi connectivity index (χ4n) is 2.05. The van der Waals surface area contributed by atoms with Crippen molar-refractivity contribution in [2.45, 2.75) is 26.1 Å².